The second-order valence-corrected chi connectivity index (χ2v) is 5.98. The summed E-state index contributed by atoms with van der Waals surface area (Å²) in [5.41, 5.74) is 9.13. The SMILES string of the molecule is Nc1cn(-c2cccc(Cl)c2)nc1-c1csc(Cl)c1. The molecule has 6 heteroatoms. The van der Waals surface area contributed by atoms with Gasteiger partial charge in [-0.25, -0.2) is 4.68 Å². The normalized spacial score (nSPS) is 10.8. The lowest BCUT2D eigenvalue weighted by Crippen LogP contribution is -1.94. The third kappa shape index (κ3) is 2.47. The summed E-state index contributed by atoms with van der Waals surface area (Å²) in [5.74, 6) is 0. The van der Waals surface area contributed by atoms with Gasteiger partial charge in [-0.1, -0.05) is 29.3 Å². The molecule has 0 aliphatic carbocycles. The Kier molecular flexibility index (Phi) is 3.22. The molecule has 96 valence electrons. The van der Waals surface area contributed by atoms with E-state index in [2.05, 4.69) is 5.10 Å². The van der Waals surface area contributed by atoms with Gasteiger partial charge < -0.3 is 5.73 Å². The van der Waals surface area contributed by atoms with Crippen LogP contribution in [0, 0.1) is 0 Å². The van der Waals surface area contributed by atoms with Gasteiger partial charge in [-0.05, 0) is 24.3 Å². The van der Waals surface area contributed by atoms with Crippen molar-refractivity contribution in [3.8, 4) is 16.9 Å². The smallest absolute Gasteiger partial charge is 0.117 e. The predicted molar refractivity (Wildman–Crippen MR) is 81.3 cm³/mol. The highest BCUT2D eigenvalue weighted by atomic mass is 35.5. The average Bonchev–Trinajstić information content (AvgIpc) is 2.95. The Morgan fingerprint density at radius 3 is 2.74 bits per heavy atom. The van der Waals surface area contributed by atoms with Gasteiger partial charge in [0.2, 0.25) is 0 Å². The van der Waals surface area contributed by atoms with Crippen molar-refractivity contribution in [2.75, 3.05) is 5.73 Å². The van der Waals surface area contributed by atoms with Crippen molar-refractivity contribution in [1.29, 1.82) is 0 Å². The van der Waals surface area contributed by atoms with Gasteiger partial charge in [0.25, 0.3) is 0 Å². The summed E-state index contributed by atoms with van der Waals surface area (Å²) in [7, 11) is 0. The van der Waals surface area contributed by atoms with Crippen LogP contribution in [0.4, 0.5) is 5.69 Å². The number of aromatic nitrogens is 2. The van der Waals surface area contributed by atoms with Crippen LogP contribution in [0.1, 0.15) is 0 Å². The number of anilines is 1. The molecule has 0 saturated carbocycles. The molecule has 19 heavy (non-hydrogen) atoms. The van der Waals surface area contributed by atoms with E-state index in [-0.39, 0.29) is 0 Å². The van der Waals surface area contributed by atoms with E-state index >= 15 is 0 Å². The van der Waals surface area contributed by atoms with Crippen LogP contribution in [0.5, 0.6) is 0 Å². The van der Waals surface area contributed by atoms with Crippen molar-refractivity contribution in [2.24, 2.45) is 0 Å². The van der Waals surface area contributed by atoms with Crippen LogP contribution in [0.15, 0.2) is 41.9 Å². The first kappa shape index (κ1) is 12.5. The highest BCUT2D eigenvalue weighted by Crippen LogP contribution is 2.31. The number of nitrogen functional groups attached to an aromatic ring is 1. The lowest BCUT2D eigenvalue weighted by molar-refractivity contribution is 0.885. The van der Waals surface area contributed by atoms with Crippen LogP contribution in [-0.4, -0.2) is 9.78 Å². The highest BCUT2D eigenvalue weighted by molar-refractivity contribution is 7.14. The maximum atomic E-state index is 6.00. The Morgan fingerprint density at radius 1 is 1.21 bits per heavy atom. The van der Waals surface area contributed by atoms with Gasteiger partial charge in [-0.2, -0.15) is 5.10 Å². The van der Waals surface area contributed by atoms with E-state index in [9.17, 15) is 0 Å². The molecule has 2 heterocycles. The van der Waals surface area contributed by atoms with Crippen molar-refractivity contribution in [3.63, 3.8) is 0 Å². The lowest BCUT2D eigenvalue weighted by atomic mass is 10.2. The first-order valence-corrected chi connectivity index (χ1v) is 7.12. The molecule has 0 fully saturated rings. The topological polar surface area (TPSA) is 43.8 Å². The van der Waals surface area contributed by atoms with Gasteiger partial charge in [-0.3, -0.25) is 0 Å². The Bertz CT molecular complexity index is 733. The molecule has 0 radical (unpaired) electrons. The van der Waals surface area contributed by atoms with Gasteiger partial charge in [0, 0.05) is 16.0 Å². The van der Waals surface area contributed by atoms with Crippen molar-refractivity contribution in [2.45, 2.75) is 0 Å². The third-order valence-corrected chi connectivity index (χ3v) is 3.98. The average molecular weight is 310 g/mol. The zero-order valence-corrected chi connectivity index (χ0v) is 12.0. The van der Waals surface area contributed by atoms with Crippen LogP contribution in [0.3, 0.4) is 0 Å². The van der Waals surface area contributed by atoms with Crippen LogP contribution in [0.2, 0.25) is 9.36 Å². The Hall–Kier alpha value is -1.49. The molecule has 1 aromatic carbocycles. The Morgan fingerprint density at radius 2 is 2.05 bits per heavy atom. The minimum atomic E-state index is 0.606. The van der Waals surface area contributed by atoms with Gasteiger partial charge in [0.15, 0.2) is 0 Å². The maximum absolute atomic E-state index is 6.00. The van der Waals surface area contributed by atoms with Crippen molar-refractivity contribution in [3.05, 3.63) is 51.3 Å². The number of hydrogen-bond acceptors (Lipinski definition) is 3. The van der Waals surface area contributed by atoms with Gasteiger partial charge >= 0.3 is 0 Å². The molecular weight excluding hydrogens is 301 g/mol. The minimum Gasteiger partial charge on any atom is -0.396 e. The van der Waals surface area contributed by atoms with Crippen LogP contribution in [-0.2, 0) is 0 Å². The predicted octanol–water partition coefficient (Wildman–Crippen LogP) is 4.49. The molecule has 3 aromatic rings. The fourth-order valence-electron chi connectivity index (χ4n) is 1.80. The number of rotatable bonds is 2. The second kappa shape index (κ2) is 4.89. The number of nitrogens with two attached hydrogens (primary N) is 1. The van der Waals surface area contributed by atoms with Crippen LogP contribution in [0.25, 0.3) is 16.9 Å². The van der Waals surface area contributed by atoms with Crippen LogP contribution < -0.4 is 5.73 Å². The van der Waals surface area contributed by atoms with E-state index in [4.69, 9.17) is 28.9 Å². The summed E-state index contributed by atoms with van der Waals surface area (Å²) >= 11 is 13.4. The molecule has 0 amide bonds. The Labute approximate surface area is 124 Å². The quantitative estimate of drug-likeness (QED) is 0.758. The largest absolute Gasteiger partial charge is 0.396 e. The monoisotopic (exact) mass is 309 g/mol. The molecule has 0 atom stereocenters. The van der Waals surface area contributed by atoms with Gasteiger partial charge in [0.1, 0.15) is 5.69 Å². The lowest BCUT2D eigenvalue weighted by Gasteiger charge is -2.00. The number of thiophene rings is 1. The maximum Gasteiger partial charge on any atom is 0.117 e. The summed E-state index contributed by atoms with van der Waals surface area (Å²) in [6, 6.07) is 9.29. The summed E-state index contributed by atoms with van der Waals surface area (Å²) in [6.07, 6.45) is 1.77. The van der Waals surface area contributed by atoms with E-state index in [1.807, 2.05) is 35.7 Å². The molecule has 2 aromatic heterocycles. The van der Waals surface area contributed by atoms with Crippen molar-refractivity contribution in [1.82, 2.24) is 9.78 Å². The molecule has 0 bridgehead atoms. The molecular formula is C13H9Cl2N3S. The Balaban J connectivity index is 2.06. The van der Waals surface area contributed by atoms with E-state index in [0.717, 1.165) is 16.9 Å². The minimum absolute atomic E-state index is 0.606. The van der Waals surface area contributed by atoms with E-state index in [0.29, 0.717) is 15.0 Å². The summed E-state index contributed by atoms with van der Waals surface area (Å²) in [5, 5.41) is 7.08. The van der Waals surface area contributed by atoms with Gasteiger partial charge in [0.05, 0.1) is 21.9 Å². The molecule has 2 N–H and O–H groups in total. The van der Waals surface area contributed by atoms with E-state index < -0.39 is 0 Å². The number of halogens is 2. The van der Waals surface area contributed by atoms with E-state index in [1.54, 1.807) is 10.9 Å². The molecule has 3 nitrogen and oxygen atoms in total. The second-order valence-electron chi connectivity index (χ2n) is 4.00. The van der Waals surface area contributed by atoms with E-state index in [1.165, 1.54) is 11.3 Å². The molecule has 3 rings (SSSR count). The standard InChI is InChI=1S/C13H9Cl2N3S/c14-9-2-1-3-10(5-9)18-6-11(16)13(17-18)8-4-12(15)19-7-8/h1-7H,16H2. The number of hydrogen-bond donors (Lipinski definition) is 1. The zero-order chi connectivity index (χ0) is 13.4. The first-order chi connectivity index (χ1) is 9.13. The molecule has 0 aliphatic heterocycles. The van der Waals surface area contributed by atoms with Crippen molar-refractivity contribution >= 4 is 40.2 Å². The number of benzene rings is 1. The highest BCUT2D eigenvalue weighted by Gasteiger charge is 2.11. The third-order valence-electron chi connectivity index (χ3n) is 2.66. The fraction of sp³-hybridized carbons (Fsp3) is 0. The summed E-state index contributed by atoms with van der Waals surface area (Å²) in [6.45, 7) is 0. The summed E-state index contributed by atoms with van der Waals surface area (Å²) < 4.78 is 2.42. The molecule has 0 unspecified atom stereocenters. The first-order valence-electron chi connectivity index (χ1n) is 5.49. The molecule has 0 aliphatic rings. The zero-order valence-electron chi connectivity index (χ0n) is 9.68. The fourth-order valence-corrected chi connectivity index (χ4v) is 2.85. The van der Waals surface area contributed by atoms with Crippen LogP contribution >= 0.6 is 34.5 Å². The number of nitrogens with zero attached hydrogens (tertiary/aromatic N) is 2. The molecule has 0 saturated heterocycles. The molecule has 0 spiro atoms. The van der Waals surface area contributed by atoms with Crippen molar-refractivity contribution < 1.29 is 0 Å². The van der Waals surface area contributed by atoms with Gasteiger partial charge in [-0.15, -0.1) is 11.3 Å². The summed E-state index contributed by atoms with van der Waals surface area (Å²) in [4.78, 5) is 0.